The summed E-state index contributed by atoms with van der Waals surface area (Å²) in [6, 6.07) is 0. The van der Waals surface area contributed by atoms with E-state index in [1.165, 1.54) is 0 Å². The molecule has 3 heterocycles. The number of ether oxygens (including phenoxy) is 6. The topological polar surface area (TPSA) is 107 Å². The monoisotopic (exact) mass is 768 g/mol. The lowest BCUT2D eigenvalue weighted by Gasteiger charge is -2.51. The van der Waals surface area contributed by atoms with Crippen molar-refractivity contribution in [1.29, 1.82) is 0 Å². The fraction of sp³-hybridized carbons (Fsp3) is 0.930. The van der Waals surface area contributed by atoms with Gasteiger partial charge < -0.3 is 28.4 Å². The van der Waals surface area contributed by atoms with Crippen LogP contribution in [0.1, 0.15) is 169 Å². The normalized spacial score (nSPS) is 36.9. The highest BCUT2D eigenvalue weighted by Crippen LogP contribution is 2.59. The van der Waals surface area contributed by atoms with Crippen molar-refractivity contribution in [3.8, 4) is 0 Å². The van der Waals surface area contributed by atoms with Gasteiger partial charge in [0.1, 0.15) is 17.3 Å². The third kappa shape index (κ3) is 7.78. The number of fused-ring (bicyclic) bond motifs is 3. The van der Waals surface area contributed by atoms with E-state index in [9.17, 15) is 23.2 Å². The van der Waals surface area contributed by atoms with E-state index < -0.39 is 35.1 Å². The van der Waals surface area contributed by atoms with E-state index in [2.05, 4.69) is 6.92 Å². The van der Waals surface area contributed by atoms with Crippen LogP contribution < -0.4 is 0 Å². The largest absolute Gasteiger partial charge is 0.346 e. The predicted octanol–water partition coefficient (Wildman–Crippen LogP) is 9.45. The van der Waals surface area contributed by atoms with Gasteiger partial charge in [-0.3, -0.25) is 14.4 Å². The number of carbonyl (C=O) groups is 3. The van der Waals surface area contributed by atoms with Gasteiger partial charge in [0, 0.05) is 51.4 Å². The number of carbonyl (C=O) groups excluding carboxylic acids is 3. The van der Waals surface area contributed by atoms with Gasteiger partial charge in [-0.2, -0.15) is 0 Å². The molecule has 4 atom stereocenters. The lowest BCUT2D eigenvalue weighted by Crippen LogP contribution is -2.60. The van der Waals surface area contributed by atoms with Crippen LogP contribution in [0.15, 0.2) is 0 Å². The van der Waals surface area contributed by atoms with E-state index in [1.54, 1.807) is 0 Å². The summed E-state index contributed by atoms with van der Waals surface area (Å²) in [5.74, 6) is -3.60. The molecule has 54 heavy (non-hydrogen) atoms. The van der Waals surface area contributed by atoms with Gasteiger partial charge in [0.2, 0.25) is 5.92 Å². The number of ketones is 3. The quantitative estimate of drug-likeness (QED) is 0.238. The lowest BCUT2D eigenvalue weighted by atomic mass is 9.58. The number of halogens is 2. The SMILES string of the molecule is CC.CC.CC1CCC(=O)C2(CCCCC23OCCO3)C1.O=C1CCC(F)(F)CC12CCCCC21OCCO1.O=C1CCCC12CCCCC21OCCO1. The molecule has 3 aliphatic heterocycles. The van der Waals surface area contributed by atoms with Gasteiger partial charge in [-0.1, -0.05) is 53.9 Å². The molecule has 9 nitrogen and oxygen atoms in total. The molecule has 0 amide bonds. The van der Waals surface area contributed by atoms with E-state index in [0.29, 0.717) is 70.0 Å². The molecule has 3 saturated heterocycles. The van der Waals surface area contributed by atoms with Crippen LogP contribution >= 0.6 is 0 Å². The Labute approximate surface area is 323 Å². The molecule has 0 N–H and O–H groups in total. The molecule has 6 spiro atoms. The minimum atomic E-state index is -2.77. The van der Waals surface area contributed by atoms with Crippen molar-refractivity contribution in [3.63, 3.8) is 0 Å². The molecule has 4 unspecified atom stereocenters. The minimum Gasteiger partial charge on any atom is -0.346 e. The number of hydrogen-bond acceptors (Lipinski definition) is 9. The molecule has 6 aliphatic carbocycles. The second-order valence-electron chi connectivity index (χ2n) is 16.7. The molecule has 11 heteroatoms. The lowest BCUT2D eigenvalue weighted by molar-refractivity contribution is -0.270. The van der Waals surface area contributed by atoms with Gasteiger partial charge in [0.25, 0.3) is 0 Å². The van der Waals surface area contributed by atoms with Gasteiger partial charge in [0.05, 0.1) is 55.9 Å². The van der Waals surface area contributed by atoms with Crippen molar-refractivity contribution in [1.82, 2.24) is 0 Å². The van der Waals surface area contributed by atoms with E-state index in [1.807, 2.05) is 27.7 Å². The molecule has 0 aromatic rings. The number of Topliss-reactive ketones (excluding diaryl/α,β-unsaturated/α-hetero) is 3. The Morgan fingerprint density at radius 1 is 0.463 bits per heavy atom. The Hall–Kier alpha value is -1.37. The fourth-order valence-electron chi connectivity index (χ4n) is 11.6. The average molecular weight is 769 g/mol. The molecule has 0 radical (unpaired) electrons. The van der Waals surface area contributed by atoms with Crippen LogP contribution in [0.4, 0.5) is 8.78 Å². The Morgan fingerprint density at radius 3 is 1.31 bits per heavy atom. The third-order valence-electron chi connectivity index (χ3n) is 14.0. The van der Waals surface area contributed by atoms with Crippen molar-refractivity contribution in [2.24, 2.45) is 22.2 Å². The molecule has 0 aromatic heterocycles. The first kappa shape index (κ1) is 43.7. The first-order valence-electron chi connectivity index (χ1n) is 21.8. The molecule has 0 aromatic carbocycles. The maximum absolute atomic E-state index is 13.8. The van der Waals surface area contributed by atoms with Crippen LogP contribution in [-0.2, 0) is 42.8 Å². The average Bonchev–Trinajstić information content (AvgIpc) is 4.02. The van der Waals surface area contributed by atoms with Crippen molar-refractivity contribution in [3.05, 3.63) is 0 Å². The molecule has 9 fully saturated rings. The summed E-state index contributed by atoms with van der Waals surface area (Å²) in [6.07, 6.45) is 15.7. The summed E-state index contributed by atoms with van der Waals surface area (Å²) in [7, 11) is 0. The van der Waals surface area contributed by atoms with Crippen LogP contribution in [0.2, 0.25) is 0 Å². The molecular formula is C43H70F2O9. The molecule has 310 valence electrons. The summed E-state index contributed by atoms with van der Waals surface area (Å²) < 4.78 is 62.5. The molecule has 9 rings (SSSR count). The summed E-state index contributed by atoms with van der Waals surface area (Å²) in [6.45, 7) is 13.7. The van der Waals surface area contributed by atoms with Crippen LogP contribution in [0, 0.1) is 22.2 Å². The Balaban J connectivity index is 0.000000149. The number of rotatable bonds is 0. The standard InChI is InChI=1S/C14H22O3.C13H18F2O3.C12H18O3.2C2H6/c1-11-4-5-12(15)13(10-11)6-2-3-7-14(13)16-8-9-17-14;14-12(15)6-3-10(16)11(9-12)4-1-2-5-13(11)17-7-8-18-13;13-10-4-3-6-11(10)5-1-2-7-12(11)14-8-9-15-12;2*1-2/h11H,2-10H2,1H3;1-9H2;1-9H2;2*1-2H3. The van der Waals surface area contributed by atoms with Crippen LogP contribution in [0.25, 0.3) is 0 Å². The first-order valence-corrected chi connectivity index (χ1v) is 21.8. The Bertz CT molecular complexity index is 1270. The molecular weight excluding hydrogens is 698 g/mol. The van der Waals surface area contributed by atoms with Crippen LogP contribution in [0.3, 0.4) is 0 Å². The highest BCUT2D eigenvalue weighted by Gasteiger charge is 2.66. The summed E-state index contributed by atoms with van der Waals surface area (Å²) in [5, 5.41) is 0. The van der Waals surface area contributed by atoms with E-state index in [0.717, 1.165) is 103 Å². The van der Waals surface area contributed by atoms with Gasteiger partial charge in [-0.05, 0) is 70.1 Å². The maximum atomic E-state index is 13.8. The summed E-state index contributed by atoms with van der Waals surface area (Å²) in [5.41, 5.74) is -1.70. The Morgan fingerprint density at radius 2 is 0.833 bits per heavy atom. The highest BCUT2D eigenvalue weighted by atomic mass is 19.3. The summed E-state index contributed by atoms with van der Waals surface area (Å²) in [4.78, 5) is 37.0. The van der Waals surface area contributed by atoms with Crippen LogP contribution in [-0.4, -0.2) is 80.3 Å². The number of alkyl halides is 2. The van der Waals surface area contributed by atoms with Crippen molar-refractivity contribution >= 4 is 17.3 Å². The molecule has 6 saturated carbocycles. The second-order valence-corrected chi connectivity index (χ2v) is 16.7. The van der Waals surface area contributed by atoms with Gasteiger partial charge in [0.15, 0.2) is 17.4 Å². The van der Waals surface area contributed by atoms with Crippen molar-refractivity contribution in [2.75, 3.05) is 39.6 Å². The molecule has 0 bridgehead atoms. The smallest absolute Gasteiger partial charge is 0.249 e. The van der Waals surface area contributed by atoms with E-state index in [-0.39, 0.29) is 29.5 Å². The summed E-state index contributed by atoms with van der Waals surface area (Å²) >= 11 is 0. The predicted molar refractivity (Wildman–Crippen MR) is 200 cm³/mol. The second kappa shape index (κ2) is 18.0. The Kier molecular flexibility index (Phi) is 14.6. The third-order valence-corrected chi connectivity index (χ3v) is 14.0. The number of hydrogen-bond donors (Lipinski definition) is 0. The van der Waals surface area contributed by atoms with Gasteiger partial charge >= 0.3 is 0 Å². The fourth-order valence-corrected chi connectivity index (χ4v) is 11.6. The van der Waals surface area contributed by atoms with E-state index >= 15 is 0 Å². The van der Waals surface area contributed by atoms with Crippen molar-refractivity contribution < 1.29 is 51.6 Å². The maximum Gasteiger partial charge on any atom is 0.249 e. The minimum absolute atomic E-state index is 0.0541. The molecule has 9 aliphatic rings. The van der Waals surface area contributed by atoms with Gasteiger partial charge in [-0.15, -0.1) is 0 Å². The van der Waals surface area contributed by atoms with Crippen LogP contribution in [0.5, 0.6) is 0 Å². The first-order chi connectivity index (χ1) is 26.0. The zero-order valence-corrected chi connectivity index (χ0v) is 34.1. The van der Waals surface area contributed by atoms with Gasteiger partial charge in [-0.25, -0.2) is 8.78 Å². The highest BCUT2D eigenvalue weighted by molar-refractivity contribution is 5.88. The zero-order chi connectivity index (χ0) is 39.1. The van der Waals surface area contributed by atoms with E-state index in [4.69, 9.17) is 28.4 Å². The van der Waals surface area contributed by atoms with Crippen molar-refractivity contribution in [2.45, 2.75) is 193 Å². The zero-order valence-electron chi connectivity index (χ0n) is 34.1.